The Balaban J connectivity index is 0.00000327. The second-order valence-corrected chi connectivity index (χ2v) is 12.8. The first-order valence-electron chi connectivity index (χ1n) is 16.8. The van der Waals surface area contributed by atoms with E-state index < -0.39 is 0 Å². The van der Waals surface area contributed by atoms with Gasteiger partial charge in [0.1, 0.15) is 0 Å². The third-order valence-corrected chi connectivity index (χ3v) is 9.95. The molecule has 10 aromatic rings. The number of aromatic nitrogens is 5. The van der Waals surface area contributed by atoms with Gasteiger partial charge in [0.15, 0.2) is 0 Å². The molecule has 5 aromatic heterocycles. The normalized spacial score (nSPS) is 12.1. The molecule has 8 bridgehead atoms. The Morgan fingerprint density at radius 3 is 1.57 bits per heavy atom. The van der Waals surface area contributed by atoms with Crippen molar-refractivity contribution in [3.8, 4) is 22.3 Å². The second kappa shape index (κ2) is 11.4. The van der Waals surface area contributed by atoms with Crippen molar-refractivity contribution in [1.29, 1.82) is 0 Å². The zero-order valence-electron chi connectivity index (χ0n) is 27.0. The molecule has 0 atom stereocenters. The molecule has 0 aliphatic carbocycles. The first-order valence-corrected chi connectivity index (χ1v) is 16.8. The van der Waals surface area contributed by atoms with E-state index in [9.17, 15) is 0 Å². The molecule has 11 rings (SSSR count). The van der Waals surface area contributed by atoms with Crippen LogP contribution in [0.4, 0.5) is 0 Å². The Kier molecular flexibility index (Phi) is 6.66. The molecule has 0 unspecified atom stereocenters. The van der Waals surface area contributed by atoms with Crippen molar-refractivity contribution in [3.05, 3.63) is 151 Å². The van der Waals surface area contributed by atoms with Gasteiger partial charge in [-0.15, -0.1) is 22.1 Å². The second-order valence-electron chi connectivity index (χ2n) is 12.8. The molecule has 0 radical (unpaired) electrons. The quantitative estimate of drug-likeness (QED) is 0.165. The Morgan fingerprint density at radius 2 is 0.922 bits per heavy atom. The van der Waals surface area contributed by atoms with Gasteiger partial charge in [-0.05, 0) is 68.1 Å². The van der Waals surface area contributed by atoms with Crippen LogP contribution in [0.15, 0.2) is 140 Å². The van der Waals surface area contributed by atoms with Gasteiger partial charge in [-0.25, -0.2) is 15.0 Å². The van der Waals surface area contributed by atoms with Gasteiger partial charge in [0, 0.05) is 10.8 Å². The summed E-state index contributed by atoms with van der Waals surface area (Å²) in [5.74, 6) is 0. The van der Waals surface area contributed by atoms with Gasteiger partial charge < -0.3 is 9.97 Å². The first kappa shape index (κ1) is 29.7. The standard InChI is InChI=1S/C45H25N5.Pd/c1-3-11-26(12-4-1)39-33-19-20-34(46-33)40(27-13-5-2-6-14-27)36-22-24-38(48-36)42-30-17-9-10-18-32(30)49-44-31-25-28-15-7-8-16-29(28)41(43(31)50-45(42)44)37-23-21-35(39)47-37;/h1-25H;/q-2;+2. The summed E-state index contributed by atoms with van der Waals surface area (Å²) in [7, 11) is 0. The zero-order chi connectivity index (χ0) is 32.8. The van der Waals surface area contributed by atoms with Crippen LogP contribution < -0.4 is 9.97 Å². The number of hydrogen-bond acceptors (Lipinski definition) is 3. The van der Waals surface area contributed by atoms with Crippen LogP contribution in [0, 0.1) is 0 Å². The van der Waals surface area contributed by atoms with Crippen LogP contribution in [0.25, 0.3) is 111 Å². The topological polar surface area (TPSA) is 66.9 Å². The third kappa shape index (κ3) is 4.48. The molecular weight excluding hydrogens is 717 g/mol. The maximum atomic E-state index is 5.47. The third-order valence-electron chi connectivity index (χ3n) is 9.95. The Labute approximate surface area is 305 Å². The van der Waals surface area contributed by atoms with Gasteiger partial charge in [0.2, 0.25) is 0 Å². The van der Waals surface area contributed by atoms with Crippen LogP contribution in [-0.2, 0) is 20.4 Å². The summed E-state index contributed by atoms with van der Waals surface area (Å²) in [4.78, 5) is 26.8. The molecule has 5 aromatic carbocycles. The zero-order valence-corrected chi connectivity index (χ0v) is 28.5. The molecule has 0 spiro atoms. The number of nitrogens with zero attached hydrogens (tertiary/aromatic N) is 5. The van der Waals surface area contributed by atoms with Crippen molar-refractivity contribution in [1.82, 2.24) is 24.9 Å². The first-order chi connectivity index (χ1) is 24.8. The minimum atomic E-state index is 0. The largest absolute Gasteiger partial charge is 2.00 e. The molecule has 0 saturated heterocycles. The van der Waals surface area contributed by atoms with E-state index in [1.165, 1.54) is 0 Å². The van der Waals surface area contributed by atoms with E-state index >= 15 is 0 Å². The molecule has 5 nitrogen and oxygen atoms in total. The van der Waals surface area contributed by atoms with Crippen LogP contribution in [0.1, 0.15) is 11.4 Å². The van der Waals surface area contributed by atoms with E-state index in [1.807, 2.05) is 18.2 Å². The Morgan fingerprint density at radius 1 is 0.392 bits per heavy atom. The van der Waals surface area contributed by atoms with Crippen LogP contribution in [0.5, 0.6) is 0 Å². The summed E-state index contributed by atoms with van der Waals surface area (Å²) in [6.45, 7) is 0. The van der Waals surface area contributed by atoms with E-state index in [-0.39, 0.29) is 20.4 Å². The molecular formula is C45H25N5Pd. The SMILES string of the molecule is C1=Cc2nc1c(-c1ccccc1)c1ccc([n-]1)c1c3ccccc3cc3c4nc5ccccc5c(c5ccc([n-]5)c2-c2ccccc2)c4nc31.[Pd+2]. The van der Waals surface area contributed by atoms with E-state index in [0.717, 1.165) is 110 Å². The van der Waals surface area contributed by atoms with Crippen molar-refractivity contribution in [2.75, 3.05) is 0 Å². The van der Waals surface area contributed by atoms with E-state index in [1.54, 1.807) is 0 Å². The van der Waals surface area contributed by atoms with E-state index in [4.69, 9.17) is 24.9 Å². The minimum Gasteiger partial charge on any atom is -0.657 e. The molecule has 0 saturated carbocycles. The summed E-state index contributed by atoms with van der Waals surface area (Å²) in [5, 5.41) is 6.23. The number of rotatable bonds is 2. The van der Waals surface area contributed by atoms with Crippen LogP contribution in [0.2, 0.25) is 0 Å². The number of pyridine rings is 1. The summed E-state index contributed by atoms with van der Waals surface area (Å²) in [5.41, 5.74) is 12.7. The Hall–Kier alpha value is -6.19. The van der Waals surface area contributed by atoms with Gasteiger partial charge in [0.05, 0.1) is 33.5 Å². The molecule has 1 aliphatic heterocycles. The predicted octanol–water partition coefficient (Wildman–Crippen LogP) is 10.8. The van der Waals surface area contributed by atoms with Gasteiger partial charge in [-0.1, -0.05) is 127 Å². The van der Waals surface area contributed by atoms with E-state index in [2.05, 4.69) is 133 Å². The average molecular weight is 742 g/mol. The predicted molar refractivity (Wildman–Crippen MR) is 206 cm³/mol. The van der Waals surface area contributed by atoms with Crippen molar-refractivity contribution >= 4 is 88.6 Å². The summed E-state index contributed by atoms with van der Waals surface area (Å²) in [6.07, 6.45) is 4.22. The number of para-hydroxylation sites is 1. The molecule has 240 valence electrons. The molecule has 51 heavy (non-hydrogen) atoms. The van der Waals surface area contributed by atoms with Crippen molar-refractivity contribution < 1.29 is 20.4 Å². The fourth-order valence-corrected chi connectivity index (χ4v) is 7.75. The van der Waals surface area contributed by atoms with Crippen molar-refractivity contribution in [3.63, 3.8) is 0 Å². The maximum Gasteiger partial charge on any atom is 2.00 e. The Bertz CT molecular complexity index is 2930. The van der Waals surface area contributed by atoms with Crippen LogP contribution >= 0.6 is 0 Å². The van der Waals surface area contributed by atoms with Crippen molar-refractivity contribution in [2.24, 2.45) is 0 Å². The fourth-order valence-electron chi connectivity index (χ4n) is 7.75. The smallest absolute Gasteiger partial charge is 0.657 e. The molecule has 6 heterocycles. The number of benzene rings is 5. The summed E-state index contributed by atoms with van der Waals surface area (Å²) >= 11 is 0. The summed E-state index contributed by atoms with van der Waals surface area (Å²) < 4.78 is 0. The van der Waals surface area contributed by atoms with Gasteiger partial charge >= 0.3 is 20.4 Å². The van der Waals surface area contributed by atoms with Crippen LogP contribution in [0.3, 0.4) is 0 Å². The minimum absolute atomic E-state index is 0. The van der Waals surface area contributed by atoms with Gasteiger partial charge in [-0.3, -0.25) is 0 Å². The molecule has 6 heteroatoms. The van der Waals surface area contributed by atoms with E-state index in [0.29, 0.717) is 0 Å². The maximum absolute atomic E-state index is 5.47. The van der Waals surface area contributed by atoms with Gasteiger partial charge in [-0.2, -0.15) is 0 Å². The molecule has 0 fully saturated rings. The van der Waals surface area contributed by atoms with Crippen LogP contribution in [-0.4, -0.2) is 15.0 Å². The van der Waals surface area contributed by atoms with Gasteiger partial charge in [0.25, 0.3) is 0 Å². The molecule has 0 N–H and O–H groups in total. The van der Waals surface area contributed by atoms with Crippen molar-refractivity contribution in [2.45, 2.75) is 0 Å². The number of hydrogen-bond donors (Lipinski definition) is 0. The molecule has 1 aliphatic rings. The fraction of sp³-hybridized carbons (Fsp3) is 0. The molecule has 0 amide bonds. The monoisotopic (exact) mass is 741 g/mol. The number of fused-ring (bicyclic) bond motifs is 13. The average Bonchev–Trinajstić information content (AvgIpc) is 3.99. The summed E-state index contributed by atoms with van der Waals surface area (Å²) in [6, 6.07) is 48.3.